The maximum Gasteiger partial charge on any atom is 0.416 e. The molecule has 3 aliphatic rings. The molecule has 2 fully saturated rings. The lowest BCUT2D eigenvalue weighted by atomic mass is 9.75. The molecule has 2 amide bonds. The monoisotopic (exact) mass is 525 g/mol. The van der Waals surface area contributed by atoms with Gasteiger partial charge in [-0.15, -0.1) is 10.2 Å². The lowest BCUT2D eigenvalue weighted by molar-refractivity contribution is -0.138. The molecule has 198 valence electrons. The second-order valence-corrected chi connectivity index (χ2v) is 10.3. The Morgan fingerprint density at radius 1 is 1.13 bits per heavy atom. The summed E-state index contributed by atoms with van der Waals surface area (Å²) in [7, 11) is 1.87. The number of aromatic nitrogens is 3. The van der Waals surface area contributed by atoms with Gasteiger partial charge in [-0.05, 0) is 47.4 Å². The summed E-state index contributed by atoms with van der Waals surface area (Å²) in [6, 6.07) is 9.95. The molecule has 3 aliphatic heterocycles. The second-order valence-electron chi connectivity index (χ2n) is 10.3. The van der Waals surface area contributed by atoms with E-state index in [0.29, 0.717) is 50.3 Å². The number of ether oxygens (including phenoxy) is 1. The number of benzene rings is 2. The van der Waals surface area contributed by atoms with Gasteiger partial charge < -0.3 is 19.1 Å². The highest BCUT2D eigenvalue weighted by Gasteiger charge is 2.43. The van der Waals surface area contributed by atoms with Crippen molar-refractivity contribution in [3.63, 3.8) is 0 Å². The molecule has 3 aromatic rings. The summed E-state index contributed by atoms with van der Waals surface area (Å²) in [5.74, 6) is 0.228. The van der Waals surface area contributed by atoms with E-state index in [9.17, 15) is 22.8 Å². The van der Waals surface area contributed by atoms with E-state index in [2.05, 4.69) is 10.2 Å². The van der Waals surface area contributed by atoms with Crippen molar-refractivity contribution in [1.29, 1.82) is 0 Å². The number of carbonyl (C=O) groups is 2. The molecular formula is C27H26F3N5O3. The van der Waals surface area contributed by atoms with Crippen molar-refractivity contribution in [2.24, 2.45) is 7.05 Å². The van der Waals surface area contributed by atoms with Crippen LogP contribution in [-0.2, 0) is 47.7 Å². The quantitative estimate of drug-likeness (QED) is 0.491. The van der Waals surface area contributed by atoms with Gasteiger partial charge in [0.2, 0.25) is 5.91 Å². The Labute approximate surface area is 217 Å². The van der Waals surface area contributed by atoms with Crippen molar-refractivity contribution in [2.75, 3.05) is 24.7 Å². The van der Waals surface area contributed by atoms with E-state index in [1.807, 2.05) is 29.8 Å². The molecule has 0 aliphatic carbocycles. The van der Waals surface area contributed by atoms with E-state index >= 15 is 0 Å². The third kappa shape index (κ3) is 4.14. The summed E-state index contributed by atoms with van der Waals surface area (Å²) in [6.45, 7) is 1.32. The molecular weight excluding hydrogens is 499 g/mol. The number of hydrogen-bond donors (Lipinski definition) is 0. The number of amides is 2. The first-order valence-electron chi connectivity index (χ1n) is 12.5. The number of likely N-dealkylation sites (tertiary alicyclic amines) is 1. The van der Waals surface area contributed by atoms with E-state index in [-0.39, 0.29) is 35.5 Å². The lowest BCUT2D eigenvalue weighted by Gasteiger charge is -2.42. The van der Waals surface area contributed by atoms with Crippen LogP contribution in [0.2, 0.25) is 0 Å². The zero-order chi connectivity index (χ0) is 26.7. The molecule has 6 rings (SSSR count). The van der Waals surface area contributed by atoms with Crippen LogP contribution in [0.5, 0.6) is 0 Å². The number of nitrogens with zero attached hydrogens (tertiary/aromatic N) is 5. The third-order valence-electron chi connectivity index (χ3n) is 7.78. The molecule has 0 saturated carbocycles. The molecule has 1 aromatic heterocycles. The molecule has 11 heteroatoms. The number of aryl methyl sites for hydroxylation is 1. The number of hydrogen-bond acceptors (Lipinski definition) is 5. The Hall–Kier alpha value is -3.73. The number of halogens is 3. The van der Waals surface area contributed by atoms with E-state index in [1.54, 1.807) is 17.3 Å². The molecule has 0 atom stereocenters. The first kappa shape index (κ1) is 24.6. The van der Waals surface area contributed by atoms with E-state index < -0.39 is 17.6 Å². The van der Waals surface area contributed by atoms with Crippen molar-refractivity contribution in [1.82, 2.24) is 19.7 Å². The van der Waals surface area contributed by atoms with E-state index in [0.717, 1.165) is 17.5 Å². The number of carbonyl (C=O) groups excluding carboxylic acids is 2. The summed E-state index contributed by atoms with van der Waals surface area (Å²) >= 11 is 0. The van der Waals surface area contributed by atoms with Gasteiger partial charge in [-0.25, -0.2) is 0 Å². The molecule has 0 spiro atoms. The minimum atomic E-state index is -4.63. The topological polar surface area (TPSA) is 80.6 Å². The standard InChI is InChI=1S/C27H26F3N5O3/c1-33-16-31-32-23(33)11-26(14-38-15-26)18-4-2-5-19(10-18)35-13-21-20(25(35)37)8-17(9-22(21)27(28,29)30)12-34-7-3-6-24(34)36/h2,4-5,8-10,16H,3,6-7,11-15H2,1H3. The summed E-state index contributed by atoms with van der Waals surface area (Å²) in [5, 5.41) is 8.14. The summed E-state index contributed by atoms with van der Waals surface area (Å²) < 4.78 is 49.8. The van der Waals surface area contributed by atoms with Gasteiger partial charge in [-0.2, -0.15) is 13.2 Å². The zero-order valence-electron chi connectivity index (χ0n) is 20.8. The van der Waals surface area contributed by atoms with Gasteiger partial charge in [0.25, 0.3) is 5.91 Å². The summed E-state index contributed by atoms with van der Waals surface area (Å²) in [4.78, 5) is 28.5. The molecule has 2 saturated heterocycles. The predicted molar refractivity (Wildman–Crippen MR) is 130 cm³/mol. The molecule has 0 unspecified atom stereocenters. The van der Waals surface area contributed by atoms with Gasteiger partial charge in [0.1, 0.15) is 12.2 Å². The van der Waals surface area contributed by atoms with Crippen molar-refractivity contribution in [3.8, 4) is 0 Å². The zero-order valence-corrected chi connectivity index (χ0v) is 20.8. The van der Waals surface area contributed by atoms with Crippen molar-refractivity contribution in [2.45, 2.75) is 43.9 Å². The largest absolute Gasteiger partial charge is 0.416 e. The van der Waals surface area contributed by atoms with Gasteiger partial charge in [-0.1, -0.05) is 12.1 Å². The fourth-order valence-corrected chi connectivity index (χ4v) is 5.61. The van der Waals surface area contributed by atoms with Crippen LogP contribution >= 0.6 is 0 Å². The van der Waals surface area contributed by atoms with Crippen molar-refractivity contribution < 1.29 is 27.5 Å². The van der Waals surface area contributed by atoms with Crippen LogP contribution < -0.4 is 4.90 Å². The number of fused-ring (bicyclic) bond motifs is 1. The summed E-state index contributed by atoms with van der Waals surface area (Å²) in [6.07, 6.45) is -1.34. The normalized spacial score (nSPS) is 18.7. The van der Waals surface area contributed by atoms with Crippen LogP contribution in [0.3, 0.4) is 0 Å². The molecule has 0 bridgehead atoms. The molecule has 0 N–H and O–H groups in total. The Kier molecular flexibility index (Phi) is 5.78. The molecule has 4 heterocycles. The van der Waals surface area contributed by atoms with E-state index in [4.69, 9.17) is 4.74 Å². The van der Waals surface area contributed by atoms with Crippen LogP contribution in [0, 0.1) is 0 Å². The van der Waals surface area contributed by atoms with Crippen molar-refractivity contribution in [3.05, 3.63) is 76.4 Å². The maximum absolute atomic E-state index is 14.1. The fourth-order valence-electron chi connectivity index (χ4n) is 5.61. The minimum Gasteiger partial charge on any atom is -0.379 e. The average Bonchev–Trinajstić information content (AvgIpc) is 3.55. The fraction of sp³-hybridized carbons (Fsp3) is 0.407. The Morgan fingerprint density at radius 2 is 1.95 bits per heavy atom. The summed E-state index contributed by atoms with van der Waals surface area (Å²) in [5.41, 5.74) is 0.575. The number of rotatable bonds is 6. The lowest BCUT2D eigenvalue weighted by Crippen LogP contribution is -2.49. The van der Waals surface area contributed by atoms with Gasteiger partial charge in [-0.3, -0.25) is 9.59 Å². The number of alkyl halides is 3. The molecule has 2 aromatic carbocycles. The van der Waals surface area contributed by atoms with Crippen LogP contribution in [0.15, 0.2) is 42.7 Å². The Bertz CT molecular complexity index is 1430. The first-order valence-corrected chi connectivity index (χ1v) is 12.5. The minimum absolute atomic E-state index is 0.0349. The smallest absolute Gasteiger partial charge is 0.379 e. The predicted octanol–water partition coefficient (Wildman–Crippen LogP) is 3.63. The first-order chi connectivity index (χ1) is 18.1. The Morgan fingerprint density at radius 3 is 2.58 bits per heavy atom. The highest BCUT2D eigenvalue weighted by Crippen LogP contribution is 2.42. The highest BCUT2D eigenvalue weighted by molar-refractivity contribution is 6.10. The SMILES string of the molecule is Cn1cnnc1CC1(c2cccc(N3Cc4c(cc(CN5CCCC5=O)cc4C(F)(F)F)C3=O)c2)COC1. The van der Waals surface area contributed by atoms with Gasteiger partial charge in [0.05, 0.1) is 25.3 Å². The van der Waals surface area contributed by atoms with Crippen LogP contribution in [-0.4, -0.2) is 51.2 Å². The molecule has 0 radical (unpaired) electrons. The van der Waals surface area contributed by atoms with Gasteiger partial charge in [0.15, 0.2) is 0 Å². The molecule has 38 heavy (non-hydrogen) atoms. The highest BCUT2D eigenvalue weighted by atomic mass is 19.4. The van der Waals surface area contributed by atoms with Crippen LogP contribution in [0.4, 0.5) is 18.9 Å². The van der Waals surface area contributed by atoms with Crippen LogP contribution in [0.25, 0.3) is 0 Å². The maximum atomic E-state index is 14.1. The van der Waals surface area contributed by atoms with Gasteiger partial charge >= 0.3 is 6.18 Å². The van der Waals surface area contributed by atoms with Gasteiger partial charge in [0, 0.05) is 49.6 Å². The van der Waals surface area contributed by atoms with E-state index in [1.165, 1.54) is 11.0 Å². The average molecular weight is 526 g/mol. The third-order valence-corrected chi connectivity index (χ3v) is 7.78. The molecule has 8 nitrogen and oxygen atoms in total. The number of anilines is 1. The Balaban J connectivity index is 1.33. The second kappa shape index (κ2) is 8.93. The van der Waals surface area contributed by atoms with Crippen LogP contribution in [0.1, 0.15) is 51.3 Å². The van der Waals surface area contributed by atoms with Crippen molar-refractivity contribution >= 4 is 17.5 Å².